The van der Waals surface area contributed by atoms with Crippen molar-refractivity contribution >= 4 is 5.71 Å². The van der Waals surface area contributed by atoms with Gasteiger partial charge in [-0.05, 0) is 19.3 Å². The van der Waals surface area contributed by atoms with Crippen molar-refractivity contribution in [3.05, 3.63) is 0 Å². The average molecular weight is 196 g/mol. The lowest BCUT2D eigenvalue weighted by Crippen LogP contribution is -2.48. The molecule has 2 aliphatic rings. The Labute approximate surface area is 86.1 Å². The Balaban J connectivity index is 1.98. The van der Waals surface area contributed by atoms with E-state index in [4.69, 9.17) is 4.74 Å². The van der Waals surface area contributed by atoms with Gasteiger partial charge >= 0.3 is 0 Å². The van der Waals surface area contributed by atoms with Gasteiger partial charge in [0.15, 0.2) is 0 Å². The second-order valence-corrected chi connectivity index (χ2v) is 4.12. The standard InChI is InChI=1S/C11H20N2O/c1-12-10-4-2-3-5-11(10)13-6-8-14-9-7-13/h11H,2-9H2,1H3/t11-/m0/s1. The van der Waals surface area contributed by atoms with Gasteiger partial charge in [-0.3, -0.25) is 9.89 Å². The van der Waals surface area contributed by atoms with E-state index in [0.29, 0.717) is 6.04 Å². The zero-order valence-corrected chi connectivity index (χ0v) is 9.04. The summed E-state index contributed by atoms with van der Waals surface area (Å²) in [5.41, 5.74) is 1.41. The van der Waals surface area contributed by atoms with Gasteiger partial charge in [0, 0.05) is 31.9 Å². The first-order chi connectivity index (χ1) is 6.92. The van der Waals surface area contributed by atoms with E-state index in [0.717, 1.165) is 26.3 Å². The zero-order valence-electron chi connectivity index (χ0n) is 9.04. The Morgan fingerprint density at radius 1 is 1.29 bits per heavy atom. The molecule has 0 radical (unpaired) electrons. The summed E-state index contributed by atoms with van der Waals surface area (Å²) < 4.78 is 5.38. The minimum atomic E-state index is 0.623. The number of hydrogen-bond acceptors (Lipinski definition) is 3. The summed E-state index contributed by atoms with van der Waals surface area (Å²) in [6, 6.07) is 0.623. The van der Waals surface area contributed by atoms with Crippen LogP contribution in [0.15, 0.2) is 4.99 Å². The second-order valence-electron chi connectivity index (χ2n) is 4.12. The Kier molecular flexibility index (Phi) is 3.54. The van der Waals surface area contributed by atoms with Gasteiger partial charge < -0.3 is 4.74 Å². The molecule has 0 unspecified atom stereocenters. The lowest BCUT2D eigenvalue weighted by molar-refractivity contribution is 0.0258. The van der Waals surface area contributed by atoms with Crippen LogP contribution in [0.1, 0.15) is 25.7 Å². The van der Waals surface area contributed by atoms with Gasteiger partial charge in [0.1, 0.15) is 0 Å². The van der Waals surface area contributed by atoms with Crippen molar-refractivity contribution in [3.8, 4) is 0 Å². The van der Waals surface area contributed by atoms with Crippen molar-refractivity contribution in [3.63, 3.8) is 0 Å². The molecule has 1 atom stereocenters. The molecule has 0 aromatic heterocycles. The first kappa shape index (κ1) is 10.1. The van der Waals surface area contributed by atoms with Crippen molar-refractivity contribution in [1.82, 2.24) is 4.90 Å². The van der Waals surface area contributed by atoms with Crippen LogP contribution in [0, 0.1) is 0 Å². The predicted molar refractivity (Wildman–Crippen MR) is 58.0 cm³/mol. The maximum absolute atomic E-state index is 5.38. The molecule has 3 heteroatoms. The lowest BCUT2D eigenvalue weighted by atomic mass is 9.92. The highest BCUT2D eigenvalue weighted by atomic mass is 16.5. The van der Waals surface area contributed by atoms with Crippen LogP contribution in [0.4, 0.5) is 0 Å². The topological polar surface area (TPSA) is 24.8 Å². The Morgan fingerprint density at radius 2 is 2.07 bits per heavy atom. The SMILES string of the molecule is CN=C1CCCC[C@@H]1N1CCOCC1. The Morgan fingerprint density at radius 3 is 2.79 bits per heavy atom. The van der Waals surface area contributed by atoms with Gasteiger partial charge in [0.25, 0.3) is 0 Å². The minimum Gasteiger partial charge on any atom is -0.379 e. The van der Waals surface area contributed by atoms with Crippen LogP contribution in [-0.2, 0) is 4.74 Å². The van der Waals surface area contributed by atoms with E-state index in [1.807, 2.05) is 7.05 Å². The molecule has 2 fully saturated rings. The summed E-state index contributed by atoms with van der Waals surface area (Å²) in [7, 11) is 1.94. The van der Waals surface area contributed by atoms with Gasteiger partial charge in [-0.1, -0.05) is 6.42 Å². The second kappa shape index (κ2) is 4.89. The minimum absolute atomic E-state index is 0.623. The molecule has 80 valence electrons. The van der Waals surface area contributed by atoms with Gasteiger partial charge in [0.05, 0.1) is 13.2 Å². The number of aliphatic imine (C=N–C) groups is 1. The summed E-state index contributed by atoms with van der Waals surface area (Å²) in [6.45, 7) is 3.97. The van der Waals surface area contributed by atoms with Crippen LogP contribution in [-0.4, -0.2) is 50.0 Å². The predicted octanol–water partition coefficient (Wildman–Crippen LogP) is 1.33. The molecule has 3 nitrogen and oxygen atoms in total. The number of morpholine rings is 1. The first-order valence-corrected chi connectivity index (χ1v) is 5.69. The van der Waals surface area contributed by atoms with Crippen molar-refractivity contribution < 1.29 is 4.74 Å². The van der Waals surface area contributed by atoms with E-state index in [9.17, 15) is 0 Å². The average Bonchev–Trinajstić information content (AvgIpc) is 2.30. The molecule has 1 saturated heterocycles. The third kappa shape index (κ3) is 2.15. The fraction of sp³-hybridized carbons (Fsp3) is 0.909. The molecule has 1 aliphatic carbocycles. The molecule has 1 saturated carbocycles. The molecular weight excluding hydrogens is 176 g/mol. The first-order valence-electron chi connectivity index (χ1n) is 5.69. The lowest BCUT2D eigenvalue weighted by Gasteiger charge is -2.37. The highest BCUT2D eigenvalue weighted by Crippen LogP contribution is 2.21. The van der Waals surface area contributed by atoms with Crippen molar-refractivity contribution in [2.75, 3.05) is 33.4 Å². The van der Waals surface area contributed by atoms with E-state index < -0.39 is 0 Å². The number of rotatable bonds is 1. The van der Waals surface area contributed by atoms with Crippen LogP contribution in [0.3, 0.4) is 0 Å². The van der Waals surface area contributed by atoms with Crippen LogP contribution < -0.4 is 0 Å². The molecule has 0 spiro atoms. The molecule has 0 amide bonds. The summed E-state index contributed by atoms with van der Waals surface area (Å²) in [5.74, 6) is 0. The molecule has 0 aromatic rings. The Hall–Kier alpha value is -0.410. The van der Waals surface area contributed by atoms with E-state index in [2.05, 4.69) is 9.89 Å². The van der Waals surface area contributed by atoms with E-state index >= 15 is 0 Å². The summed E-state index contributed by atoms with van der Waals surface area (Å²) >= 11 is 0. The van der Waals surface area contributed by atoms with Crippen LogP contribution in [0.5, 0.6) is 0 Å². The third-order valence-corrected chi connectivity index (χ3v) is 3.32. The molecule has 1 heterocycles. The van der Waals surface area contributed by atoms with Crippen LogP contribution in [0.25, 0.3) is 0 Å². The number of ether oxygens (including phenoxy) is 1. The summed E-state index contributed by atoms with van der Waals surface area (Å²) in [4.78, 5) is 6.98. The highest BCUT2D eigenvalue weighted by Gasteiger charge is 2.26. The summed E-state index contributed by atoms with van der Waals surface area (Å²) in [6.07, 6.45) is 5.19. The van der Waals surface area contributed by atoms with Gasteiger partial charge in [-0.15, -0.1) is 0 Å². The van der Waals surface area contributed by atoms with E-state index in [1.165, 1.54) is 31.4 Å². The van der Waals surface area contributed by atoms with Crippen LogP contribution >= 0.6 is 0 Å². The van der Waals surface area contributed by atoms with Crippen molar-refractivity contribution in [1.29, 1.82) is 0 Å². The van der Waals surface area contributed by atoms with Crippen molar-refractivity contribution in [2.24, 2.45) is 4.99 Å². The monoisotopic (exact) mass is 196 g/mol. The molecule has 2 rings (SSSR count). The molecule has 0 bridgehead atoms. The smallest absolute Gasteiger partial charge is 0.0594 e. The normalized spacial score (nSPS) is 33.5. The third-order valence-electron chi connectivity index (χ3n) is 3.32. The van der Waals surface area contributed by atoms with Gasteiger partial charge in [0.2, 0.25) is 0 Å². The number of nitrogens with zero attached hydrogens (tertiary/aromatic N) is 2. The largest absolute Gasteiger partial charge is 0.379 e. The van der Waals surface area contributed by atoms with E-state index in [1.54, 1.807) is 0 Å². The van der Waals surface area contributed by atoms with Gasteiger partial charge in [-0.25, -0.2) is 0 Å². The molecule has 0 aromatic carbocycles. The highest BCUT2D eigenvalue weighted by molar-refractivity contribution is 5.90. The quantitative estimate of drug-likeness (QED) is 0.632. The zero-order chi connectivity index (χ0) is 9.80. The maximum Gasteiger partial charge on any atom is 0.0594 e. The number of hydrogen-bond donors (Lipinski definition) is 0. The molecule has 1 aliphatic heterocycles. The molecule has 0 N–H and O–H groups in total. The van der Waals surface area contributed by atoms with Crippen LogP contribution in [0.2, 0.25) is 0 Å². The Bertz CT molecular complexity index is 209. The van der Waals surface area contributed by atoms with Gasteiger partial charge in [-0.2, -0.15) is 0 Å². The fourth-order valence-corrected chi connectivity index (χ4v) is 2.52. The molecule has 14 heavy (non-hydrogen) atoms. The van der Waals surface area contributed by atoms with E-state index in [-0.39, 0.29) is 0 Å². The maximum atomic E-state index is 5.38. The molecular formula is C11H20N2O. The summed E-state index contributed by atoms with van der Waals surface area (Å²) in [5, 5.41) is 0. The van der Waals surface area contributed by atoms with Crippen molar-refractivity contribution in [2.45, 2.75) is 31.7 Å². The fourth-order valence-electron chi connectivity index (χ4n) is 2.52.